The zero-order valence-electron chi connectivity index (χ0n) is 29.8. The molecular formula is C43H56N2O2S. The number of hydrogen-bond acceptors (Lipinski definition) is 4. The minimum atomic E-state index is -0.238. The molecule has 0 bridgehead atoms. The van der Waals surface area contributed by atoms with Crippen molar-refractivity contribution in [1.29, 1.82) is 0 Å². The molecule has 2 aromatic carbocycles. The Morgan fingerprint density at radius 2 is 1.81 bits per heavy atom. The monoisotopic (exact) mass is 664 g/mol. The van der Waals surface area contributed by atoms with Crippen molar-refractivity contribution in [2.45, 2.75) is 79.1 Å². The summed E-state index contributed by atoms with van der Waals surface area (Å²) in [6, 6.07) is 14.3. The summed E-state index contributed by atoms with van der Waals surface area (Å²) in [7, 11) is 1.91. The SMILES string of the molecule is C=C/C=C(\C=C/CC(Cc1ccc(C=O)cc1)C(=O)NC1=CC=C(c2ccc(CC)cc2C)CC1)C1=CCC(C)(C)CC1.CNCCS. The maximum Gasteiger partial charge on any atom is 0.227 e. The highest BCUT2D eigenvalue weighted by Gasteiger charge is 2.23. The van der Waals surface area contributed by atoms with Gasteiger partial charge in [-0.25, -0.2) is 0 Å². The van der Waals surface area contributed by atoms with E-state index in [2.05, 4.69) is 112 Å². The minimum Gasteiger partial charge on any atom is -0.330 e. The van der Waals surface area contributed by atoms with Crippen molar-refractivity contribution in [2.75, 3.05) is 19.3 Å². The van der Waals surface area contributed by atoms with Crippen LogP contribution in [-0.4, -0.2) is 31.5 Å². The second kappa shape index (κ2) is 20.0. The fourth-order valence-corrected chi connectivity index (χ4v) is 6.26. The van der Waals surface area contributed by atoms with E-state index in [4.69, 9.17) is 0 Å². The van der Waals surface area contributed by atoms with Gasteiger partial charge in [-0.05, 0) is 116 Å². The number of amides is 1. The third kappa shape index (κ3) is 12.4. The quantitative estimate of drug-likeness (QED) is 0.107. The van der Waals surface area contributed by atoms with Gasteiger partial charge < -0.3 is 10.6 Å². The summed E-state index contributed by atoms with van der Waals surface area (Å²) < 4.78 is 0. The molecule has 4 rings (SSSR count). The third-order valence-corrected chi connectivity index (χ3v) is 9.39. The second-order valence-electron chi connectivity index (χ2n) is 13.6. The lowest BCUT2D eigenvalue weighted by Crippen LogP contribution is -2.31. The molecular weight excluding hydrogens is 609 g/mol. The van der Waals surface area contributed by atoms with Crippen molar-refractivity contribution >= 4 is 30.4 Å². The Bertz CT molecular complexity index is 1540. The zero-order valence-corrected chi connectivity index (χ0v) is 30.7. The number of nitrogens with one attached hydrogen (secondary N) is 2. The standard InChI is InChI=1S/C40H47NO2.C3H9NS/c1-6-9-33(34-22-24-40(4,5)25-23-34)10-8-11-36(27-31-12-14-32(28-42)15-13-31)39(43)41-37-19-17-35(18-20-37)38-21-16-30(7-2)26-29(38)3;1-4-2-3-5/h6,8-10,12-17,19,21-22,26,28,36H,1,7,11,18,20,23-25,27H2,2-5H3,(H,41,43);4-5H,2-3H2,1H3/b10-8-,33-9+;. The summed E-state index contributed by atoms with van der Waals surface area (Å²) in [6.45, 7) is 13.9. The molecule has 0 saturated carbocycles. The summed E-state index contributed by atoms with van der Waals surface area (Å²) in [5.41, 5.74) is 10.8. The molecule has 0 aliphatic heterocycles. The number of carbonyl (C=O) groups excluding carboxylic acids is 2. The molecule has 0 radical (unpaired) electrons. The van der Waals surface area contributed by atoms with Crippen molar-refractivity contribution in [3.05, 3.63) is 136 Å². The van der Waals surface area contributed by atoms with E-state index in [0.717, 1.165) is 68.4 Å². The maximum atomic E-state index is 13.7. The first-order chi connectivity index (χ1) is 23.1. The predicted octanol–water partition coefficient (Wildman–Crippen LogP) is 9.74. The van der Waals surface area contributed by atoms with Gasteiger partial charge in [0.25, 0.3) is 0 Å². The maximum absolute atomic E-state index is 13.7. The number of aldehydes is 1. The van der Waals surface area contributed by atoms with Crippen LogP contribution in [0.5, 0.6) is 0 Å². The van der Waals surface area contributed by atoms with Gasteiger partial charge in [-0.15, -0.1) is 0 Å². The molecule has 2 aliphatic rings. The minimum absolute atomic E-state index is 0.0311. The molecule has 48 heavy (non-hydrogen) atoms. The van der Waals surface area contributed by atoms with Gasteiger partial charge in [0.05, 0.1) is 0 Å². The van der Waals surface area contributed by atoms with E-state index in [1.807, 2.05) is 37.4 Å². The number of benzene rings is 2. The highest BCUT2D eigenvalue weighted by molar-refractivity contribution is 7.80. The van der Waals surface area contributed by atoms with Gasteiger partial charge in [0.15, 0.2) is 0 Å². The van der Waals surface area contributed by atoms with Gasteiger partial charge in [-0.2, -0.15) is 12.6 Å². The molecule has 0 spiro atoms. The van der Waals surface area contributed by atoms with Crippen molar-refractivity contribution < 1.29 is 9.59 Å². The Labute approximate surface area is 295 Å². The Kier molecular flexibility index (Phi) is 16.1. The van der Waals surface area contributed by atoms with E-state index in [1.165, 1.54) is 33.4 Å². The van der Waals surface area contributed by atoms with Gasteiger partial charge in [0.1, 0.15) is 6.29 Å². The summed E-state index contributed by atoms with van der Waals surface area (Å²) in [4.78, 5) is 24.8. The summed E-state index contributed by atoms with van der Waals surface area (Å²) in [6.07, 6.45) is 22.9. The summed E-state index contributed by atoms with van der Waals surface area (Å²) >= 11 is 3.94. The Morgan fingerprint density at radius 1 is 1.06 bits per heavy atom. The van der Waals surface area contributed by atoms with Crippen molar-refractivity contribution in [2.24, 2.45) is 11.3 Å². The van der Waals surface area contributed by atoms with Crippen LogP contribution < -0.4 is 10.6 Å². The predicted molar refractivity (Wildman–Crippen MR) is 209 cm³/mol. The van der Waals surface area contributed by atoms with Crippen LogP contribution in [0.4, 0.5) is 0 Å². The van der Waals surface area contributed by atoms with Crippen molar-refractivity contribution in [3.8, 4) is 0 Å². The largest absolute Gasteiger partial charge is 0.330 e. The van der Waals surface area contributed by atoms with Gasteiger partial charge in [-0.1, -0.05) is 106 Å². The lowest BCUT2D eigenvalue weighted by atomic mass is 9.77. The number of hydrogen-bond donors (Lipinski definition) is 3. The van der Waals surface area contributed by atoms with Crippen LogP contribution >= 0.6 is 12.6 Å². The molecule has 4 nitrogen and oxygen atoms in total. The molecule has 0 saturated heterocycles. The molecule has 1 unspecified atom stereocenters. The van der Waals surface area contributed by atoms with Gasteiger partial charge in [-0.3, -0.25) is 9.59 Å². The highest BCUT2D eigenvalue weighted by atomic mass is 32.1. The smallest absolute Gasteiger partial charge is 0.227 e. The van der Waals surface area contributed by atoms with Crippen molar-refractivity contribution in [1.82, 2.24) is 10.6 Å². The summed E-state index contributed by atoms with van der Waals surface area (Å²) in [5, 5.41) is 6.19. The van der Waals surface area contributed by atoms with Crippen LogP contribution in [0.1, 0.15) is 91.9 Å². The molecule has 1 amide bonds. The van der Waals surface area contributed by atoms with Crippen LogP contribution in [-0.2, 0) is 17.6 Å². The molecule has 0 heterocycles. The van der Waals surface area contributed by atoms with E-state index in [9.17, 15) is 9.59 Å². The Morgan fingerprint density at radius 3 is 2.35 bits per heavy atom. The summed E-state index contributed by atoms with van der Waals surface area (Å²) in [5.74, 6) is 0.720. The molecule has 2 N–H and O–H groups in total. The molecule has 2 aliphatic carbocycles. The average molecular weight is 665 g/mol. The first-order valence-corrected chi connectivity index (χ1v) is 18.0. The van der Waals surface area contributed by atoms with Gasteiger partial charge in [0, 0.05) is 29.5 Å². The molecule has 256 valence electrons. The van der Waals surface area contributed by atoms with E-state index < -0.39 is 0 Å². The topological polar surface area (TPSA) is 58.2 Å². The Balaban J connectivity index is 0.00000116. The van der Waals surface area contributed by atoms with E-state index >= 15 is 0 Å². The number of carbonyl (C=O) groups is 2. The van der Waals surface area contributed by atoms with Gasteiger partial charge in [0.2, 0.25) is 5.91 Å². The number of allylic oxidation sites excluding steroid dienone is 11. The molecule has 2 aromatic rings. The molecule has 1 atom stereocenters. The zero-order chi connectivity index (χ0) is 34.9. The third-order valence-electron chi connectivity index (χ3n) is 9.17. The fraction of sp³-hybridized carbons (Fsp3) is 0.395. The molecule has 0 aromatic heterocycles. The second-order valence-corrected chi connectivity index (χ2v) is 14.0. The fourth-order valence-electron chi connectivity index (χ4n) is 6.04. The number of thiol groups is 1. The first kappa shape index (κ1) is 38.8. The van der Waals surface area contributed by atoms with E-state index in [-0.39, 0.29) is 11.8 Å². The van der Waals surface area contributed by atoms with E-state index in [1.54, 1.807) is 0 Å². The average Bonchev–Trinajstić information content (AvgIpc) is 3.09. The molecule has 0 fully saturated rings. The van der Waals surface area contributed by atoms with Crippen LogP contribution in [0, 0.1) is 18.3 Å². The van der Waals surface area contributed by atoms with Gasteiger partial charge >= 0.3 is 0 Å². The lowest BCUT2D eigenvalue weighted by molar-refractivity contribution is -0.124. The van der Waals surface area contributed by atoms with Crippen molar-refractivity contribution in [3.63, 3.8) is 0 Å². The van der Waals surface area contributed by atoms with Crippen LogP contribution in [0.15, 0.2) is 108 Å². The lowest BCUT2D eigenvalue weighted by Gasteiger charge is -2.29. The van der Waals surface area contributed by atoms with Crippen LogP contribution in [0.2, 0.25) is 0 Å². The normalized spacial score (nSPS) is 16.5. The number of rotatable bonds is 14. The highest BCUT2D eigenvalue weighted by Crippen LogP contribution is 2.37. The molecule has 5 heteroatoms. The first-order valence-electron chi connectivity index (χ1n) is 17.4. The van der Waals surface area contributed by atoms with Crippen LogP contribution in [0.3, 0.4) is 0 Å². The Hall–Kier alpha value is -3.67. The number of aryl methyl sites for hydroxylation is 2. The van der Waals surface area contributed by atoms with E-state index in [0.29, 0.717) is 23.8 Å². The van der Waals surface area contributed by atoms with Crippen LogP contribution in [0.25, 0.3) is 5.57 Å².